The van der Waals surface area contributed by atoms with Crippen LogP contribution in [-0.4, -0.2) is 17.9 Å². The molecule has 0 atom stereocenters. The van der Waals surface area contributed by atoms with Crippen molar-refractivity contribution >= 4 is 11.6 Å². The number of nitrogens with one attached hydrogen (secondary N) is 1. The second-order valence-corrected chi connectivity index (χ2v) is 6.89. The molecule has 1 N–H and O–H groups in total. The lowest BCUT2D eigenvalue weighted by molar-refractivity contribution is -0.116. The van der Waals surface area contributed by atoms with Gasteiger partial charge in [-0.15, -0.1) is 0 Å². The van der Waals surface area contributed by atoms with E-state index in [1.807, 2.05) is 48.5 Å². The Bertz CT molecular complexity index is 829. The van der Waals surface area contributed by atoms with E-state index in [1.54, 1.807) is 0 Å². The molecule has 0 aliphatic carbocycles. The maximum absolute atomic E-state index is 12.1. The minimum Gasteiger partial charge on any atom is -0.326 e. The summed E-state index contributed by atoms with van der Waals surface area (Å²) in [7, 11) is 2.12. The number of hydrogen-bond donors (Lipinski definition) is 1. The zero-order valence-electron chi connectivity index (χ0n) is 15.8. The molecule has 0 aliphatic heterocycles. The minimum absolute atomic E-state index is 0.0489. The molecule has 0 aliphatic rings. The summed E-state index contributed by atoms with van der Waals surface area (Å²) in [6, 6.07) is 28.7. The first-order valence-corrected chi connectivity index (χ1v) is 9.34. The van der Waals surface area contributed by atoms with Crippen LogP contribution in [-0.2, 0) is 24.3 Å². The van der Waals surface area contributed by atoms with E-state index in [0.29, 0.717) is 6.42 Å². The van der Waals surface area contributed by atoms with Crippen molar-refractivity contribution in [2.24, 2.45) is 0 Å². The van der Waals surface area contributed by atoms with E-state index in [4.69, 9.17) is 0 Å². The lowest BCUT2D eigenvalue weighted by atomic mass is 10.1. The van der Waals surface area contributed by atoms with Gasteiger partial charge in [0.2, 0.25) is 5.91 Å². The first kappa shape index (κ1) is 18.9. The topological polar surface area (TPSA) is 32.3 Å². The van der Waals surface area contributed by atoms with Crippen LogP contribution < -0.4 is 5.32 Å². The Morgan fingerprint density at radius 1 is 0.741 bits per heavy atom. The summed E-state index contributed by atoms with van der Waals surface area (Å²) in [6.07, 6.45) is 1.25. The van der Waals surface area contributed by atoms with Crippen LogP contribution in [0.4, 0.5) is 5.69 Å². The van der Waals surface area contributed by atoms with Gasteiger partial charge in [-0.25, -0.2) is 0 Å². The maximum Gasteiger partial charge on any atom is 0.224 e. The molecule has 138 valence electrons. The highest BCUT2D eigenvalue weighted by atomic mass is 16.1. The molecule has 0 heterocycles. The Kier molecular flexibility index (Phi) is 6.78. The van der Waals surface area contributed by atoms with Crippen molar-refractivity contribution in [2.45, 2.75) is 25.9 Å². The van der Waals surface area contributed by atoms with Gasteiger partial charge in [-0.3, -0.25) is 9.69 Å². The lowest BCUT2D eigenvalue weighted by Crippen LogP contribution is -2.17. The van der Waals surface area contributed by atoms with Gasteiger partial charge in [0.1, 0.15) is 0 Å². The molecule has 1 amide bonds. The fourth-order valence-electron chi connectivity index (χ4n) is 3.08. The summed E-state index contributed by atoms with van der Waals surface area (Å²) in [5.74, 6) is 0.0489. The summed E-state index contributed by atoms with van der Waals surface area (Å²) in [4.78, 5) is 14.4. The van der Waals surface area contributed by atoms with Gasteiger partial charge >= 0.3 is 0 Å². The lowest BCUT2D eigenvalue weighted by Gasteiger charge is -2.17. The third-order valence-corrected chi connectivity index (χ3v) is 4.47. The standard InChI is InChI=1S/C24H26N2O/c1-26(18-21-10-6-3-7-11-21)19-22-12-15-23(16-13-22)25-24(27)17-14-20-8-4-2-5-9-20/h2-13,15-16H,14,17-19H2,1H3,(H,25,27). The number of hydrogen-bond acceptors (Lipinski definition) is 2. The Labute approximate surface area is 161 Å². The zero-order chi connectivity index (χ0) is 18.9. The largest absolute Gasteiger partial charge is 0.326 e. The fraction of sp³-hybridized carbons (Fsp3) is 0.208. The zero-order valence-corrected chi connectivity index (χ0v) is 15.8. The van der Waals surface area contributed by atoms with Crippen molar-refractivity contribution in [3.05, 3.63) is 102 Å². The molecule has 3 rings (SSSR count). The Morgan fingerprint density at radius 3 is 1.85 bits per heavy atom. The number of carbonyl (C=O) groups excluding carboxylic acids is 1. The van der Waals surface area contributed by atoms with Crippen LogP contribution in [0.3, 0.4) is 0 Å². The molecule has 0 radical (unpaired) electrons. The summed E-state index contributed by atoms with van der Waals surface area (Å²) in [5, 5.41) is 2.98. The second kappa shape index (κ2) is 9.70. The van der Waals surface area contributed by atoms with Crippen LogP contribution in [0.15, 0.2) is 84.9 Å². The van der Waals surface area contributed by atoms with E-state index in [2.05, 4.69) is 53.7 Å². The number of amides is 1. The second-order valence-electron chi connectivity index (χ2n) is 6.89. The number of rotatable bonds is 8. The van der Waals surface area contributed by atoms with Crippen molar-refractivity contribution < 1.29 is 4.79 Å². The van der Waals surface area contributed by atoms with Gasteiger partial charge in [-0.2, -0.15) is 0 Å². The van der Waals surface area contributed by atoms with Crippen LogP contribution in [0.25, 0.3) is 0 Å². The van der Waals surface area contributed by atoms with Gasteiger partial charge in [0.25, 0.3) is 0 Å². The van der Waals surface area contributed by atoms with E-state index in [-0.39, 0.29) is 5.91 Å². The smallest absolute Gasteiger partial charge is 0.224 e. The van der Waals surface area contributed by atoms with E-state index in [9.17, 15) is 4.79 Å². The van der Waals surface area contributed by atoms with E-state index in [1.165, 1.54) is 16.7 Å². The molecular formula is C24H26N2O. The first-order valence-electron chi connectivity index (χ1n) is 9.34. The minimum atomic E-state index is 0.0489. The molecular weight excluding hydrogens is 332 g/mol. The highest BCUT2D eigenvalue weighted by molar-refractivity contribution is 5.90. The summed E-state index contributed by atoms with van der Waals surface area (Å²) in [6.45, 7) is 1.79. The van der Waals surface area contributed by atoms with Gasteiger partial charge in [-0.1, -0.05) is 72.8 Å². The van der Waals surface area contributed by atoms with Crippen molar-refractivity contribution in [3.8, 4) is 0 Å². The molecule has 0 saturated heterocycles. The molecule has 3 aromatic rings. The number of carbonyl (C=O) groups is 1. The number of anilines is 1. The molecule has 0 aromatic heterocycles. The van der Waals surface area contributed by atoms with Crippen molar-refractivity contribution in [1.29, 1.82) is 0 Å². The molecule has 3 nitrogen and oxygen atoms in total. The highest BCUT2D eigenvalue weighted by Gasteiger charge is 2.05. The van der Waals surface area contributed by atoms with Crippen molar-refractivity contribution in [1.82, 2.24) is 4.90 Å². The quantitative estimate of drug-likeness (QED) is 0.622. The first-order chi connectivity index (χ1) is 13.2. The third kappa shape index (κ3) is 6.39. The van der Waals surface area contributed by atoms with Gasteiger partial charge in [0, 0.05) is 25.2 Å². The Hall–Kier alpha value is -2.91. The van der Waals surface area contributed by atoms with Crippen LogP contribution in [0.1, 0.15) is 23.1 Å². The molecule has 0 saturated carbocycles. The monoisotopic (exact) mass is 358 g/mol. The molecule has 27 heavy (non-hydrogen) atoms. The summed E-state index contributed by atoms with van der Waals surface area (Å²) in [5.41, 5.74) is 4.57. The van der Waals surface area contributed by atoms with Crippen molar-refractivity contribution in [2.75, 3.05) is 12.4 Å². The van der Waals surface area contributed by atoms with Gasteiger partial charge in [-0.05, 0) is 42.3 Å². The average molecular weight is 358 g/mol. The highest BCUT2D eigenvalue weighted by Crippen LogP contribution is 2.13. The molecule has 3 heteroatoms. The summed E-state index contributed by atoms with van der Waals surface area (Å²) < 4.78 is 0. The average Bonchev–Trinajstić information content (AvgIpc) is 2.69. The third-order valence-electron chi connectivity index (χ3n) is 4.47. The predicted octanol–water partition coefficient (Wildman–Crippen LogP) is 4.89. The molecule has 0 unspecified atom stereocenters. The maximum atomic E-state index is 12.1. The Morgan fingerprint density at radius 2 is 1.26 bits per heavy atom. The van der Waals surface area contributed by atoms with E-state index < -0.39 is 0 Å². The van der Waals surface area contributed by atoms with Crippen LogP contribution in [0, 0.1) is 0 Å². The number of aryl methyl sites for hydroxylation is 1. The van der Waals surface area contributed by atoms with Crippen LogP contribution in [0.2, 0.25) is 0 Å². The van der Waals surface area contributed by atoms with Crippen molar-refractivity contribution in [3.63, 3.8) is 0 Å². The predicted molar refractivity (Wildman–Crippen MR) is 111 cm³/mol. The van der Waals surface area contributed by atoms with Gasteiger partial charge in [0.05, 0.1) is 0 Å². The molecule has 0 fully saturated rings. The summed E-state index contributed by atoms with van der Waals surface area (Å²) >= 11 is 0. The molecule has 0 bridgehead atoms. The van der Waals surface area contributed by atoms with Gasteiger partial charge < -0.3 is 5.32 Å². The number of nitrogens with zero attached hydrogens (tertiary/aromatic N) is 1. The number of benzene rings is 3. The fourth-order valence-corrected chi connectivity index (χ4v) is 3.08. The van der Waals surface area contributed by atoms with E-state index >= 15 is 0 Å². The SMILES string of the molecule is CN(Cc1ccccc1)Cc1ccc(NC(=O)CCc2ccccc2)cc1. The van der Waals surface area contributed by atoms with Crippen LogP contribution >= 0.6 is 0 Å². The molecule has 0 spiro atoms. The van der Waals surface area contributed by atoms with Gasteiger partial charge in [0.15, 0.2) is 0 Å². The Balaban J connectivity index is 1.46. The van der Waals surface area contributed by atoms with Crippen LogP contribution in [0.5, 0.6) is 0 Å². The normalized spacial score (nSPS) is 10.7. The van der Waals surface area contributed by atoms with E-state index in [0.717, 1.165) is 25.2 Å². The molecule has 3 aromatic carbocycles.